The Hall–Kier alpha value is -4.83. The molecule has 1 aliphatic rings. The van der Waals surface area contributed by atoms with E-state index in [1.807, 2.05) is 45.9 Å². The van der Waals surface area contributed by atoms with Gasteiger partial charge in [-0.25, -0.2) is 19.9 Å². The summed E-state index contributed by atoms with van der Waals surface area (Å²) in [5, 5.41) is 4.64. The molecule has 5 rings (SSSR count). The van der Waals surface area contributed by atoms with E-state index in [-0.39, 0.29) is 23.6 Å². The molecule has 3 amide bonds. The van der Waals surface area contributed by atoms with Crippen LogP contribution in [0.4, 0.5) is 32.4 Å². The summed E-state index contributed by atoms with van der Waals surface area (Å²) < 4.78 is 68.7. The van der Waals surface area contributed by atoms with Crippen LogP contribution in [0.15, 0.2) is 78.0 Å². The summed E-state index contributed by atoms with van der Waals surface area (Å²) in [6, 6.07) is 16.5. The summed E-state index contributed by atoms with van der Waals surface area (Å²) >= 11 is 1.20. The van der Waals surface area contributed by atoms with E-state index in [0.717, 1.165) is 28.8 Å². The van der Waals surface area contributed by atoms with Gasteiger partial charge in [0.15, 0.2) is 11.0 Å². The highest BCUT2D eigenvalue weighted by Crippen LogP contribution is 2.37. The molecule has 0 saturated carbocycles. The minimum Gasteiger partial charge on any atom is -0.426 e. The lowest BCUT2D eigenvalue weighted by Crippen LogP contribution is -2.41. The molecule has 252 valence electrons. The third-order valence-electron chi connectivity index (χ3n) is 7.25. The molecule has 1 saturated heterocycles. The largest absolute Gasteiger partial charge is 0.499 e. The SMILES string of the molecule is Cc1ccc(C(C)C)c(N2C(=O)CS/C2=N\C(=O)NNC(C)c2ccc(-c3ncn(-c4ccc(OC(F)(F)C(F)(F)F)cc4)n3)cc2)c1. The number of amidine groups is 1. The van der Waals surface area contributed by atoms with E-state index in [1.54, 1.807) is 24.3 Å². The molecule has 3 aromatic carbocycles. The van der Waals surface area contributed by atoms with Crippen LogP contribution in [0.5, 0.6) is 5.75 Å². The molecule has 0 spiro atoms. The number of hydrogen-bond acceptors (Lipinski definition) is 7. The third-order valence-corrected chi connectivity index (χ3v) is 8.17. The lowest BCUT2D eigenvalue weighted by Gasteiger charge is -2.22. The Bertz CT molecular complexity index is 1830. The Balaban J connectivity index is 1.20. The Morgan fingerprint density at radius 3 is 2.33 bits per heavy atom. The molecule has 4 aromatic rings. The van der Waals surface area contributed by atoms with Gasteiger partial charge in [0.1, 0.15) is 12.1 Å². The minimum absolute atomic E-state index is 0.153. The standard InChI is InChI=1S/C32H30F5N7O3S/c1-18(2)25-14-5-19(3)15-26(25)44-27(45)16-48-30(44)39-29(46)41-40-20(4)21-6-8-22(9-7-21)28-38-17-43(42-28)23-10-12-24(13-11-23)47-32(36,37)31(33,34)35/h5-15,17-18,20,40H,16H2,1-4H3,(H,41,46)/b39-30-. The van der Waals surface area contributed by atoms with E-state index >= 15 is 0 Å². The van der Waals surface area contributed by atoms with Crippen LogP contribution < -0.4 is 20.5 Å². The van der Waals surface area contributed by atoms with Crippen LogP contribution in [0.3, 0.4) is 0 Å². The van der Waals surface area contributed by atoms with Crippen molar-refractivity contribution < 1.29 is 36.3 Å². The van der Waals surface area contributed by atoms with Gasteiger partial charge in [0.05, 0.1) is 17.1 Å². The van der Waals surface area contributed by atoms with Gasteiger partial charge in [-0.15, -0.1) is 5.10 Å². The average molecular weight is 688 g/mol. The van der Waals surface area contributed by atoms with Crippen LogP contribution >= 0.6 is 11.8 Å². The average Bonchev–Trinajstić information content (AvgIpc) is 3.66. The van der Waals surface area contributed by atoms with Gasteiger partial charge in [-0.05, 0) is 66.8 Å². The van der Waals surface area contributed by atoms with E-state index in [9.17, 15) is 31.5 Å². The lowest BCUT2D eigenvalue weighted by atomic mass is 9.99. The molecular formula is C32H30F5N7O3S. The van der Waals surface area contributed by atoms with Crippen LogP contribution in [0.25, 0.3) is 17.1 Å². The first-order chi connectivity index (χ1) is 22.6. The second kappa shape index (κ2) is 13.7. The van der Waals surface area contributed by atoms with Crippen LogP contribution in [-0.2, 0) is 4.79 Å². The van der Waals surface area contributed by atoms with Crippen LogP contribution in [0.2, 0.25) is 0 Å². The summed E-state index contributed by atoms with van der Waals surface area (Å²) in [4.78, 5) is 35.5. The molecule has 16 heteroatoms. The van der Waals surface area contributed by atoms with Gasteiger partial charge in [0, 0.05) is 11.6 Å². The zero-order valence-corrected chi connectivity index (χ0v) is 26.9. The second-order valence-corrected chi connectivity index (χ2v) is 12.1. The number of hydrazine groups is 1. The second-order valence-electron chi connectivity index (χ2n) is 11.2. The number of aryl methyl sites for hydroxylation is 1. The highest BCUT2D eigenvalue weighted by molar-refractivity contribution is 8.15. The van der Waals surface area contributed by atoms with Crippen molar-refractivity contribution >= 4 is 34.6 Å². The number of carbonyl (C=O) groups excluding carboxylic acids is 2. The van der Waals surface area contributed by atoms with Gasteiger partial charge in [-0.3, -0.25) is 15.1 Å². The topological polar surface area (TPSA) is 114 Å². The normalized spacial score (nSPS) is 15.3. The monoisotopic (exact) mass is 687 g/mol. The van der Waals surface area contributed by atoms with Crippen molar-refractivity contribution in [2.45, 2.75) is 51.9 Å². The molecule has 1 atom stereocenters. The first-order valence-electron chi connectivity index (χ1n) is 14.6. The molecule has 0 aliphatic carbocycles. The predicted molar refractivity (Wildman–Crippen MR) is 171 cm³/mol. The summed E-state index contributed by atoms with van der Waals surface area (Å²) in [5.41, 5.74) is 9.97. The third kappa shape index (κ3) is 7.65. The van der Waals surface area contributed by atoms with Crippen LogP contribution in [-0.4, -0.2) is 49.9 Å². The number of halogens is 5. The molecule has 1 aromatic heterocycles. The molecule has 10 nitrogen and oxygen atoms in total. The molecule has 48 heavy (non-hydrogen) atoms. The Morgan fingerprint density at radius 1 is 1.00 bits per heavy atom. The summed E-state index contributed by atoms with van der Waals surface area (Å²) in [6.45, 7) is 7.84. The molecule has 1 unspecified atom stereocenters. The van der Waals surface area contributed by atoms with Gasteiger partial charge in [0.25, 0.3) is 0 Å². The molecular weight excluding hydrogens is 657 g/mol. The summed E-state index contributed by atoms with van der Waals surface area (Å²) in [6.07, 6.45) is -9.81. The highest BCUT2D eigenvalue weighted by Gasteiger charge is 2.61. The van der Waals surface area contributed by atoms with Crippen molar-refractivity contribution in [3.8, 4) is 22.8 Å². The zero-order chi connectivity index (χ0) is 34.8. The van der Waals surface area contributed by atoms with Crippen molar-refractivity contribution in [2.75, 3.05) is 10.7 Å². The van der Waals surface area contributed by atoms with Crippen molar-refractivity contribution in [1.82, 2.24) is 25.6 Å². The maximum Gasteiger partial charge on any atom is 0.499 e. The van der Waals surface area contributed by atoms with E-state index in [4.69, 9.17) is 0 Å². The number of ether oxygens (including phenoxy) is 1. The van der Waals surface area contributed by atoms with Crippen molar-refractivity contribution in [3.63, 3.8) is 0 Å². The van der Waals surface area contributed by atoms with E-state index in [0.29, 0.717) is 27.9 Å². The van der Waals surface area contributed by atoms with Crippen molar-refractivity contribution in [3.05, 3.63) is 89.7 Å². The number of urea groups is 1. The van der Waals surface area contributed by atoms with Gasteiger partial charge in [-0.2, -0.15) is 26.9 Å². The zero-order valence-electron chi connectivity index (χ0n) is 26.0. The van der Waals surface area contributed by atoms with Crippen LogP contribution in [0, 0.1) is 6.92 Å². The first-order valence-corrected chi connectivity index (χ1v) is 15.6. The Kier molecular flexibility index (Phi) is 9.86. The maximum absolute atomic E-state index is 13.2. The van der Waals surface area contributed by atoms with E-state index < -0.39 is 24.1 Å². The Labute approximate surface area is 276 Å². The smallest absolute Gasteiger partial charge is 0.426 e. The van der Waals surface area contributed by atoms with Gasteiger partial charge in [-0.1, -0.05) is 62.0 Å². The van der Waals surface area contributed by atoms with Gasteiger partial charge in [0.2, 0.25) is 5.91 Å². The molecule has 1 aliphatic heterocycles. The number of amides is 3. The summed E-state index contributed by atoms with van der Waals surface area (Å²) in [5.74, 6) is -0.155. The number of thioether (sulfide) groups is 1. The number of aromatic nitrogens is 3. The molecule has 2 heterocycles. The molecule has 1 fully saturated rings. The lowest BCUT2D eigenvalue weighted by molar-refractivity contribution is -0.360. The highest BCUT2D eigenvalue weighted by atomic mass is 32.2. The van der Waals surface area contributed by atoms with Crippen molar-refractivity contribution in [1.29, 1.82) is 0 Å². The molecule has 0 bridgehead atoms. The number of carbonyl (C=O) groups is 2. The van der Waals surface area contributed by atoms with E-state index in [2.05, 4.69) is 30.7 Å². The van der Waals surface area contributed by atoms with Crippen LogP contribution in [0.1, 0.15) is 49.4 Å². The van der Waals surface area contributed by atoms with Gasteiger partial charge >= 0.3 is 18.3 Å². The minimum atomic E-state index is -5.85. The first kappa shape index (κ1) is 34.5. The number of nitrogens with one attached hydrogen (secondary N) is 2. The molecule has 2 N–H and O–H groups in total. The number of alkyl halides is 5. The maximum atomic E-state index is 13.2. The van der Waals surface area contributed by atoms with Crippen molar-refractivity contribution in [2.24, 2.45) is 4.99 Å². The number of aliphatic imine (C=N–C) groups is 1. The number of benzene rings is 3. The summed E-state index contributed by atoms with van der Waals surface area (Å²) in [7, 11) is 0. The fourth-order valence-electron chi connectivity index (χ4n) is 4.70. The number of rotatable bonds is 9. The Morgan fingerprint density at radius 2 is 1.69 bits per heavy atom. The molecule has 0 radical (unpaired) electrons. The fraction of sp³-hybridized carbons (Fsp3) is 0.281. The number of hydrogen-bond donors (Lipinski definition) is 2. The number of anilines is 1. The number of nitrogens with zero attached hydrogens (tertiary/aromatic N) is 5. The van der Waals surface area contributed by atoms with E-state index in [1.165, 1.54) is 39.8 Å². The quantitative estimate of drug-likeness (QED) is 0.140. The predicted octanol–water partition coefficient (Wildman–Crippen LogP) is 7.31. The fourth-order valence-corrected chi connectivity index (χ4v) is 5.56. The van der Waals surface area contributed by atoms with Gasteiger partial charge < -0.3 is 4.74 Å².